The van der Waals surface area contributed by atoms with Gasteiger partial charge in [-0.2, -0.15) is 0 Å². The predicted octanol–water partition coefficient (Wildman–Crippen LogP) is 5.11. The van der Waals surface area contributed by atoms with Crippen LogP contribution >= 0.6 is 0 Å². The molecular weight excluding hydrogens is 426 g/mol. The fraction of sp³-hybridized carbons (Fsp3) is 0.407. The van der Waals surface area contributed by atoms with Crippen molar-refractivity contribution in [2.45, 2.75) is 65.8 Å². The van der Waals surface area contributed by atoms with Gasteiger partial charge in [0.1, 0.15) is 17.1 Å². The molecule has 0 spiro atoms. The van der Waals surface area contributed by atoms with Gasteiger partial charge in [-0.1, -0.05) is 6.92 Å². The number of carbonyl (C=O) groups is 1. The maximum Gasteiger partial charge on any atom is 0.273 e. The number of hydrogen-bond donors (Lipinski definition) is 0. The van der Waals surface area contributed by atoms with Crippen LogP contribution in [0.15, 0.2) is 41.2 Å². The first-order chi connectivity index (χ1) is 16.4. The van der Waals surface area contributed by atoms with Gasteiger partial charge >= 0.3 is 0 Å². The Labute approximate surface area is 199 Å². The molecular formula is C27H31N5O2. The summed E-state index contributed by atoms with van der Waals surface area (Å²) in [7, 11) is 0. The number of oxazole rings is 1. The first kappa shape index (κ1) is 22.3. The summed E-state index contributed by atoms with van der Waals surface area (Å²) in [4.78, 5) is 29.8. The van der Waals surface area contributed by atoms with E-state index in [1.54, 1.807) is 6.20 Å². The maximum atomic E-state index is 13.9. The molecule has 1 amide bonds. The van der Waals surface area contributed by atoms with E-state index in [0.717, 1.165) is 61.4 Å². The molecule has 0 saturated carbocycles. The standard InChI is InChI=1S/C27H31N5O2/c1-5-22-15-28-26(34-22)23-10-9-18(3)29-24(23)27(33)32-12-7-6-8-21(32)14-20-16-31-13-11-17(2)19(4)25(31)30-20/h9-11,13,15-16,21H,5-8,12,14H2,1-4H3/t21-/m0/s1. The van der Waals surface area contributed by atoms with E-state index in [4.69, 9.17) is 9.40 Å². The summed E-state index contributed by atoms with van der Waals surface area (Å²) in [6.07, 6.45) is 10.4. The molecule has 1 atom stereocenters. The second-order valence-corrected chi connectivity index (χ2v) is 9.27. The van der Waals surface area contributed by atoms with E-state index in [-0.39, 0.29) is 11.9 Å². The van der Waals surface area contributed by atoms with Crippen molar-refractivity contribution in [1.29, 1.82) is 0 Å². The minimum absolute atomic E-state index is 0.0598. The van der Waals surface area contributed by atoms with Gasteiger partial charge in [0, 0.05) is 43.5 Å². The molecule has 0 aliphatic carbocycles. The molecule has 0 aromatic carbocycles. The van der Waals surface area contributed by atoms with Gasteiger partial charge in [-0.05, 0) is 69.4 Å². The van der Waals surface area contributed by atoms with Gasteiger partial charge in [0.2, 0.25) is 5.89 Å². The molecule has 1 saturated heterocycles. The smallest absolute Gasteiger partial charge is 0.273 e. The molecule has 34 heavy (non-hydrogen) atoms. The van der Waals surface area contributed by atoms with Crippen LogP contribution in [0.5, 0.6) is 0 Å². The molecule has 0 radical (unpaired) electrons. The van der Waals surface area contributed by atoms with Crippen LogP contribution in [-0.2, 0) is 12.8 Å². The van der Waals surface area contributed by atoms with E-state index in [9.17, 15) is 4.79 Å². The lowest BCUT2D eigenvalue weighted by Crippen LogP contribution is -2.45. The van der Waals surface area contributed by atoms with Gasteiger partial charge in [0.25, 0.3) is 5.91 Å². The third-order valence-corrected chi connectivity index (χ3v) is 6.90. The minimum Gasteiger partial charge on any atom is -0.441 e. The number of likely N-dealkylation sites (tertiary alicyclic amines) is 1. The highest BCUT2D eigenvalue weighted by Crippen LogP contribution is 2.28. The number of fused-ring (bicyclic) bond motifs is 1. The quantitative estimate of drug-likeness (QED) is 0.416. The Bertz CT molecular complexity index is 1350. The largest absolute Gasteiger partial charge is 0.441 e. The van der Waals surface area contributed by atoms with Gasteiger partial charge < -0.3 is 13.7 Å². The van der Waals surface area contributed by atoms with Crippen molar-refractivity contribution >= 4 is 11.6 Å². The zero-order chi connectivity index (χ0) is 23.8. The molecule has 0 unspecified atom stereocenters. The summed E-state index contributed by atoms with van der Waals surface area (Å²) < 4.78 is 7.96. The van der Waals surface area contributed by atoms with E-state index < -0.39 is 0 Å². The van der Waals surface area contributed by atoms with E-state index in [0.29, 0.717) is 17.1 Å². The Hall–Kier alpha value is -3.48. The molecule has 5 rings (SSSR count). The van der Waals surface area contributed by atoms with Gasteiger partial charge in [-0.25, -0.2) is 15.0 Å². The second-order valence-electron chi connectivity index (χ2n) is 9.27. The van der Waals surface area contributed by atoms with Crippen molar-refractivity contribution in [2.75, 3.05) is 6.54 Å². The van der Waals surface area contributed by atoms with Gasteiger partial charge in [0.05, 0.1) is 17.5 Å². The van der Waals surface area contributed by atoms with Crippen molar-refractivity contribution < 1.29 is 9.21 Å². The molecule has 4 aromatic rings. The number of aryl methyl sites for hydroxylation is 4. The fourth-order valence-corrected chi connectivity index (χ4v) is 4.77. The number of nitrogens with zero attached hydrogens (tertiary/aromatic N) is 5. The molecule has 0 N–H and O–H groups in total. The van der Waals surface area contributed by atoms with Crippen LogP contribution < -0.4 is 0 Å². The molecule has 176 valence electrons. The van der Waals surface area contributed by atoms with Crippen molar-refractivity contribution in [3.8, 4) is 11.5 Å². The predicted molar refractivity (Wildman–Crippen MR) is 131 cm³/mol. The SMILES string of the molecule is CCc1cnc(-c2ccc(C)nc2C(=O)N2CCCC[C@H]2Cc2cn3ccc(C)c(C)c3n2)o1. The zero-order valence-corrected chi connectivity index (χ0v) is 20.3. The second kappa shape index (κ2) is 9.05. The van der Waals surface area contributed by atoms with E-state index in [1.165, 1.54) is 11.1 Å². The summed E-state index contributed by atoms with van der Waals surface area (Å²) in [5, 5.41) is 0. The molecule has 7 heteroatoms. The third kappa shape index (κ3) is 4.11. The van der Waals surface area contributed by atoms with E-state index in [1.807, 2.05) is 30.9 Å². The zero-order valence-electron chi connectivity index (χ0n) is 20.3. The monoisotopic (exact) mass is 457 g/mol. The summed E-state index contributed by atoms with van der Waals surface area (Å²) in [5.41, 5.74) is 6.29. The van der Waals surface area contributed by atoms with Gasteiger partial charge in [-0.3, -0.25) is 4.79 Å². The van der Waals surface area contributed by atoms with Crippen molar-refractivity contribution in [1.82, 2.24) is 24.3 Å². The molecule has 7 nitrogen and oxygen atoms in total. The highest BCUT2D eigenvalue weighted by atomic mass is 16.4. The van der Waals surface area contributed by atoms with Crippen LogP contribution in [0.1, 0.15) is 64.9 Å². The average Bonchev–Trinajstić information content (AvgIpc) is 3.49. The molecule has 1 aliphatic rings. The normalized spacial score (nSPS) is 16.4. The summed E-state index contributed by atoms with van der Waals surface area (Å²) in [6.45, 7) is 8.85. The van der Waals surface area contributed by atoms with Crippen LogP contribution in [0, 0.1) is 20.8 Å². The topological polar surface area (TPSA) is 76.5 Å². The number of rotatable bonds is 5. The molecule has 4 aromatic heterocycles. The van der Waals surface area contributed by atoms with E-state index >= 15 is 0 Å². The van der Waals surface area contributed by atoms with E-state index in [2.05, 4.69) is 46.7 Å². The Morgan fingerprint density at radius 1 is 1.15 bits per heavy atom. The fourth-order valence-electron chi connectivity index (χ4n) is 4.77. The molecule has 5 heterocycles. The highest BCUT2D eigenvalue weighted by Gasteiger charge is 2.31. The average molecular weight is 458 g/mol. The van der Waals surface area contributed by atoms with Crippen LogP contribution in [0.2, 0.25) is 0 Å². The van der Waals surface area contributed by atoms with Crippen molar-refractivity contribution in [3.05, 3.63) is 70.8 Å². The lowest BCUT2D eigenvalue weighted by Gasteiger charge is -2.35. The van der Waals surface area contributed by atoms with Gasteiger partial charge in [0.15, 0.2) is 0 Å². The summed E-state index contributed by atoms with van der Waals surface area (Å²) in [5.74, 6) is 1.19. The lowest BCUT2D eigenvalue weighted by molar-refractivity contribution is 0.0607. The highest BCUT2D eigenvalue weighted by molar-refractivity contribution is 5.98. The lowest BCUT2D eigenvalue weighted by atomic mass is 9.97. The van der Waals surface area contributed by atoms with Crippen LogP contribution in [0.3, 0.4) is 0 Å². The Kier molecular flexibility index (Phi) is 5.94. The molecule has 1 fully saturated rings. The number of aromatic nitrogens is 4. The number of hydrogen-bond acceptors (Lipinski definition) is 5. The number of pyridine rings is 2. The van der Waals surface area contributed by atoms with Crippen LogP contribution in [-0.4, -0.2) is 42.7 Å². The first-order valence-electron chi connectivity index (χ1n) is 12.1. The third-order valence-electron chi connectivity index (χ3n) is 6.90. The van der Waals surface area contributed by atoms with Crippen LogP contribution in [0.4, 0.5) is 0 Å². The maximum absolute atomic E-state index is 13.9. The number of piperidine rings is 1. The first-order valence-corrected chi connectivity index (χ1v) is 12.1. The molecule has 0 bridgehead atoms. The summed E-state index contributed by atoms with van der Waals surface area (Å²) >= 11 is 0. The molecule has 1 aliphatic heterocycles. The van der Waals surface area contributed by atoms with Gasteiger partial charge in [-0.15, -0.1) is 0 Å². The minimum atomic E-state index is -0.0598. The summed E-state index contributed by atoms with van der Waals surface area (Å²) in [6, 6.07) is 5.99. The Morgan fingerprint density at radius 3 is 2.79 bits per heavy atom. The van der Waals surface area contributed by atoms with Crippen LogP contribution in [0.25, 0.3) is 17.1 Å². The number of amides is 1. The number of imidazole rings is 1. The number of carbonyl (C=O) groups excluding carboxylic acids is 1. The Balaban J connectivity index is 1.46. The van der Waals surface area contributed by atoms with Crippen molar-refractivity contribution in [2.24, 2.45) is 0 Å². The van der Waals surface area contributed by atoms with Crippen molar-refractivity contribution in [3.63, 3.8) is 0 Å². The Morgan fingerprint density at radius 2 is 2.00 bits per heavy atom.